The molecular weight excluding hydrogens is 398 g/mol. The first kappa shape index (κ1) is 14.4. The Kier molecular flexibility index (Phi) is 4.17. The quantitative estimate of drug-likeness (QED) is 0.711. The maximum absolute atomic E-state index is 12.0. The number of hydrogen-bond acceptors (Lipinski definition) is 3. The van der Waals surface area contributed by atoms with Crippen LogP contribution in [0.15, 0.2) is 60.7 Å². The zero-order valence-electron chi connectivity index (χ0n) is 9.38. The summed E-state index contributed by atoms with van der Waals surface area (Å²) in [4.78, 5) is 11.3. The van der Waals surface area contributed by atoms with Gasteiger partial charge >= 0.3 is 0 Å². The Balaban J connectivity index is 2.40. The maximum Gasteiger partial charge on any atom is 0.282 e. The zero-order chi connectivity index (χ0) is 14.0. The van der Waals surface area contributed by atoms with E-state index in [1.54, 1.807) is 12.1 Å². The third-order valence-corrected chi connectivity index (χ3v) is 4.72. The first-order valence-electron chi connectivity index (χ1n) is 5.09. The van der Waals surface area contributed by atoms with Gasteiger partial charge in [-0.2, -0.15) is 12.8 Å². The second-order valence-corrected chi connectivity index (χ2v) is 7.01. The Labute approximate surface area is 127 Å². The van der Waals surface area contributed by atoms with Crippen LogP contribution in [-0.2, 0) is 14.8 Å². The normalized spacial score (nSPS) is 17.7. The highest BCUT2D eigenvalue weighted by Crippen LogP contribution is 2.19. The van der Waals surface area contributed by atoms with Crippen LogP contribution in [0.25, 0.3) is 0 Å². The Bertz CT molecular complexity index is 716. The molecule has 1 aromatic carbocycles. The van der Waals surface area contributed by atoms with Gasteiger partial charge < -0.3 is 0 Å². The monoisotopic (exact) mass is 403 g/mol. The van der Waals surface area contributed by atoms with Crippen molar-refractivity contribution in [1.29, 1.82) is 0 Å². The highest BCUT2D eigenvalue weighted by atomic mass is 79.9. The summed E-state index contributed by atoms with van der Waals surface area (Å²) in [7, 11) is -3.78. The van der Waals surface area contributed by atoms with Crippen LogP contribution in [0.2, 0.25) is 0 Å². The van der Waals surface area contributed by atoms with Crippen LogP contribution in [0.5, 0.6) is 0 Å². The molecule has 19 heavy (non-hydrogen) atoms. The number of halogens is 2. The molecule has 98 valence electrons. The van der Waals surface area contributed by atoms with Gasteiger partial charge in [0, 0.05) is 4.47 Å². The SMILES string of the molecule is O=C1C=C/C(=N/S(=O)(=O)c2ccc(Br)cc2)C=C1Br. The lowest BCUT2D eigenvalue weighted by Crippen LogP contribution is -2.07. The van der Waals surface area contributed by atoms with Gasteiger partial charge in [0.25, 0.3) is 10.0 Å². The first-order valence-corrected chi connectivity index (χ1v) is 8.11. The van der Waals surface area contributed by atoms with E-state index in [1.807, 2.05) is 0 Å². The second-order valence-electron chi connectivity index (χ2n) is 3.63. The lowest BCUT2D eigenvalue weighted by atomic mass is 10.2. The molecule has 0 unspecified atom stereocenters. The lowest BCUT2D eigenvalue weighted by Gasteiger charge is -2.03. The molecule has 1 aliphatic rings. The molecule has 0 saturated carbocycles. The Morgan fingerprint density at radius 1 is 1.00 bits per heavy atom. The molecule has 1 aromatic rings. The minimum Gasteiger partial charge on any atom is -0.289 e. The van der Waals surface area contributed by atoms with Crippen molar-refractivity contribution >= 4 is 53.4 Å². The van der Waals surface area contributed by atoms with E-state index < -0.39 is 10.0 Å². The number of carbonyl (C=O) groups is 1. The number of carbonyl (C=O) groups excluding carboxylic acids is 1. The minimum absolute atomic E-state index is 0.0954. The fourth-order valence-corrected chi connectivity index (χ4v) is 2.95. The molecule has 2 rings (SSSR count). The predicted molar refractivity (Wildman–Crippen MR) is 79.9 cm³/mol. The predicted octanol–water partition coefficient (Wildman–Crippen LogP) is 3.00. The summed E-state index contributed by atoms with van der Waals surface area (Å²) in [5, 5.41) is 0. The number of rotatable bonds is 2. The van der Waals surface area contributed by atoms with Crippen LogP contribution in [0.1, 0.15) is 0 Å². The topological polar surface area (TPSA) is 63.6 Å². The van der Waals surface area contributed by atoms with E-state index in [1.165, 1.54) is 30.4 Å². The summed E-state index contributed by atoms with van der Waals surface area (Å²) in [6.07, 6.45) is 4.00. The van der Waals surface area contributed by atoms with E-state index in [4.69, 9.17) is 0 Å². The standard InChI is InChI=1S/C12H7Br2NO3S/c13-8-1-4-10(5-2-8)19(17,18)15-9-3-6-12(16)11(14)7-9/h1-7H/b15-9-. The van der Waals surface area contributed by atoms with Gasteiger partial charge in [0.1, 0.15) is 0 Å². The summed E-state index contributed by atoms with van der Waals surface area (Å²) < 4.78 is 28.8. The van der Waals surface area contributed by atoms with E-state index in [-0.39, 0.29) is 20.9 Å². The molecule has 4 nitrogen and oxygen atoms in total. The zero-order valence-corrected chi connectivity index (χ0v) is 13.4. The largest absolute Gasteiger partial charge is 0.289 e. The smallest absolute Gasteiger partial charge is 0.282 e. The molecular formula is C12H7Br2NO3S. The van der Waals surface area contributed by atoms with Crippen molar-refractivity contribution in [2.45, 2.75) is 4.90 Å². The molecule has 0 N–H and O–H groups in total. The number of allylic oxidation sites excluding steroid dienone is 4. The fourth-order valence-electron chi connectivity index (χ4n) is 1.34. The van der Waals surface area contributed by atoms with E-state index >= 15 is 0 Å². The Hall–Kier alpha value is -1.05. The number of sulfonamides is 1. The summed E-state index contributed by atoms with van der Waals surface area (Å²) in [5.41, 5.74) is 0.203. The summed E-state index contributed by atoms with van der Waals surface area (Å²) >= 11 is 6.28. The lowest BCUT2D eigenvalue weighted by molar-refractivity contribution is -0.110. The highest BCUT2D eigenvalue weighted by molar-refractivity contribution is 9.12. The van der Waals surface area contributed by atoms with Crippen molar-refractivity contribution in [3.63, 3.8) is 0 Å². The summed E-state index contributed by atoms with van der Waals surface area (Å²) in [6, 6.07) is 6.16. The second kappa shape index (κ2) is 5.52. The molecule has 0 spiro atoms. The van der Waals surface area contributed by atoms with Gasteiger partial charge in [0.15, 0.2) is 5.78 Å². The van der Waals surface area contributed by atoms with E-state index in [0.717, 1.165) is 4.47 Å². The van der Waals surface area contributed by atoms with Gasteiger partial charge in [-0.1, -0.05) is 15.9 Å². The average molecular weight is 405 g/mol. The van der Waals surface area contributed by atoms with Crippen molar-refractivity contribution in [3.05, 3.63) is 51.4 Å². The molecule has 0 bridgehead atoms. The summed E-state index contributed by atoms with van der Waals surface area (Å²) in [5.74, 6) is -0.222. The van der Waals surface area contributed by atoms with Gasteiger partial charge in [-0.3, -0.25) is 4.79 Å². The molecule has 0 radical (unpaired) electrons. The van der Waals surface area contributed by atoms with Crippen LogP contribution >= 0.6 is 31.9 Å². The van der Waals surface area contributed by atoms with Crippen LogP contribution < -0.4 is 0 Å². The van der Waals surface area contributed by atoms with Gasteiger partial charge in [0.2, 0.25) is 0 Å². The minimum atomic E-state index is -3.78. The number of nitrogens with zero attached hydrogens (tertiary/aromatic N) is 1. The average Bonchev–Trinajstić information content (AvgIpc) is 2.34. The van der Waals surface area contributed by atoms with Gasteiger partial charge in [0.05, 0.1) is 15.1 Å². The third kappa shape index (κ3) is 3.49. The van der Waals surface area contributed by atoms with Crippen LogP contribution in [-0.4, -0.2) is 19.9 Å². The van der Waals surface area contributed by atoms with Crippen molar-refractivity contribution in [2.75, 3.05) is 0 Å². The molecule has 0 heterocycles. The fraction of sp³-hybridized carbons (Fsp3) is 0. The molecule has 7 heteroatoms. The molecule has 1 aliphatic carbocycles. The van der Waals surface area contributed by atoms with Crippen molar-refractivity contribution in [3.8, 4) is 0 Å². The Morgan fingerprint density at radius 2 is 1.63 bits per heavy atom. The van der Waals surface area contributed by atoms with Crippen molar-refractivity contribution < 1.29 is 13.2 Å². The number of benzene rings is 1. The molecule has 0 saturated heterocycles. The van der Waals surface area contributed by atoms with Gasteiger partial charge in [-0.15, -0.1) is 0 Å². The molecule has 0 aromatic heterocycles. The van der Waals surface area contributed by atoms with E-state index in [9.17, 15) is 13.2 Å². The molecule has 0 fully saturated rings. The van der Waals surface area contributed by atoms with Crippen LogP contribution in [0.3, 0.4) is 0 Å². The maximum atomic E-state index is 12.0. The van der Waals surface area contributed by atoms with Crippen molar-refractivity contribution in [1.82, 2.24) is 0 Å². The third-order valence-electron chi connectivity index (χ3n) is 2.25. The number of hydrogen-bond donors (Lipinski definition) is 0. The van der Waals surface area contributed by atoms with Crippen LogP contribution in [0.4, 0.5) is 0 Å². The van der Waals surface area contributed by atoms with E-state index in [2.05, 4.69) is 36.3 Å². The molecule has 0 atom stereocenters. The number of ketones is 1. The molecule has 0 amide bonds. The first-order chi connectivity index (χ1) is 8.88. The summed E-state index contributed by atoms with van der Waals surface area (Å²) in [6.45, 7) is 0. The van der Waals surface area contributed by atoms with Gasteiger partial charge in [-0.25, -0.2) is 0 Å². The van der Waals surface area contributed by atoms with E-state index in [0.29, 0.717) is 0 Å². The van der Waals surface area contributed by atoms with Crippen LogP contribution in [0, 0.1) is 0 Å². The Morgan fingerprint density at radius 3 is 2.21 bits per heavy atom. The van der Waals surface area contributed by atoms with Gasteiger partial charge in [-0.05, 0) is 58.4 Å². The van der Waals surface area contributed by atoms with Crippen molar-refractivity contribution in [2.24, 2.45) is 4.40 Å². The highest BCUT2D eigenvalue weighted by Gasteiger charge is 2.15. The molecule has 0 aliphatic heterocycles.